The lowest BCUT2D eigenvalue weighted by Gasteiger charge is -2.11. The molecule has 0 bridgehead atoms. The fourth-order valence-electron chi connectivity index (χ4n) is 2.62. The van der Waals surface area contributed by atoms with E-state index in [1.807, 2.05) is 56.6 Å². The second kappa shape index (κ2) is 10.4. The van der Waals surface area contributed by atoms with Crippen LogP contribution in [0.15, 0.2) is 42.5 Å². The average molecular weight is 398 g/mol. The first-order chi connectivity index (χ1) is 11.6. The van der Waals surface area contributed by atoms with Crippen LogP contribution in [0.4, 0.5) is 5.69 Å². The Bertz CT molecular complexity index is 721. The van der Waals surface area contributed by atoms with Gasteiger partial charge in [-0.25, -0.2) is 0 Å². The van der Waals surface area contributed by atoms with E-state index < -0.39 is 0 Å². The van der Waals surface area contributed by atoms with E-state index in [-0.39, 0.29) is 30.7 Å². The number of hydrogen-bond acceptors (Lipinski definition) is 4. The van der Waals surface area contributed by atoms with E-state index in [0.717, 1.165) is 31.1 Å². The largest absolute Gasteiger partial charge is 0.492 e. The molecule has 3 rings (SSSR count). The summed E-state index contributed by atoms with van der Waals surface area (Å²) in [6.45, 7) is 3.22. The van der Waals surface area contributed by atoms with Crippen LogP contribution in [0, 0.1) is 0 Å². The van der Waals surface area contributed by atoms with Crippen LogP contribution in [0.5, 0.6) is 5.75 Å². The summed E-state index contributed by atoms with van der Waals surface area (Å²) in [5, 5.41) is 6.21. The molecule has 2 aromatic rings. The van der Waals surface area contributed by atoms with E-state index in [4.69, 9.17) is 4.74 Å². The molecule has 0 aromatic heterocycles. The number of benzene rings is 2. The van der Waals surface area contributed by atoms with Crippen molar-refractivity contribution in [1.29, 1.82) is 0 Å². The zero-order valence-corrected chi connectivity index (χ0v) is 16.6. The summed E-state index contributed by atoms with van der Waals surface area (Å²) in [4.78, 5) is 14.4. The molecule has 0 fully saturated rings. The molecule has 0 saturated carbocycles. The number of nitrogens with zero attached hydrogens (tertiary/aromatic N) is 1. The second-order valence-corrected chi connectivity index (χ2v) is 6.22. The molecule has 0 spiro atoms. The van der Waals surface area contributed by atoms with E-state index >= 15 is 0 Å². The van der Waals surface area contributed by atoms with Gasteiger partial charge in [-0.15, -0.1) is 24.8 Å². The Morgan fingerprint density at radius 1 is 1.08 bits per heavy atom. The number of nitrogens with one attached hydrogen (secondary N) is 2. The van der Waals surface area contributed by atoms with Crippen molar-refractivity contribution in [2.24, 2.45) is 0 Å². The number of carbonyl (C=O) groups excluding carboxylic acids is 1. The maximum absolute atomic E-state index is 12.4. The van der Waals surface area contributed by atoms with Crippen molar-refractivity contribution in [3.8, 4) is 5.75 Å². The van der Waals surface area contributed by atoms with Crippen LogP contribution >= 0.6 is 24.8 Å². The number of hydrogen-bond donors (Lipinski definition) is 2. The van der Waals surface area contributed by atoms with Crippen molar-refractivity contribution in [2.45, 2.75) is 13.1 Å². The van der Waals surface area contributed by atoms with Gasteiger partial charge < -0.3 is 20.3 Å². The van der Waals surface area contributed by atoms with E-state index in [0.29, 0.717) is 12.2 Å². The van der Waals surface area contributed by atoms with E-state index in [1.54, 1.807) is 0 Å². The molecule has 1 aliphatic rings. The van der Waals surface area contributed by atoms with Crippen LogP contribution in [0.25, 0.3) is 0 Å². The van der Waals surface area contributed by atoms with Crippen molar-refractivity contribution in [2.75, 3.05) is 32.6 Å². The van der Waals surface area contributed by atoms with Crippen molar-refractivity contribution < 1.29 is 9.53 Å². The number of fused-ring (bicyclic) bond motifs is 1. The van der Waals surface area contributed by atoms with Gasteiger partial charge in [-0.2, -0.15) is 0 Å². The molecule has 0 saturated heterocycles. The van der Waals surface area contributed by atoms with E-state index in [9.17, 15) is 4.79 Å². The van der Waals surface area contributed by atoms with Gasteiger partial charge in [0.15, 0.2) is 0 Å². The lowest BCUT2D eigenvalue weighted by atomic mass is 10.1. The van der Waals surface area contributed by atoms with Gasteiger partial charge in [0.05, 0.1) is 0 Å². The lowest BCUT2D eigenvalue weighted by molar-refractivity contribution is 0.102. The minimum Gasteiger partial charge on any atom is -0.492 e. The summed E-state index contributed by atoms with van der Waals surface area (Å²) in [7, 11) is 4.02. The number of likely N-dealkylation sites (N-methyl/N-ethyl adjacent to an activating group) is 1. The van der Waals surface area contributed by atoms with Gasteiger partial charge in [-0.05, 0) is 61.6 Å². The summed E-state index contributed by atoms with van der Waals surface area (Å²) in [6.07, 6.45) is 0. The first-order valence-corrected chi connectivity index (χ1v) is 8.13. The third-order valence-corrected chi connectivity index (χ3v) is 4.02. The highest BCUT2D eigenvalue weighted by atomic mass is 35.5. The Hall–Kier alpha value is -1.79. The minimum atomic E-state index is -0.0917. The molecule has 7 heteroatoms. The molecule has 5 nitrogen and oxygen atoms in total. The minimum absolute atomic E-state index is 0. The lowest BCUT2D eigenvalue weighted by Crippen LogP contribution is -2.19. The number of rotatable bonds is 6. The van der Waals surface area contributed by atoms with Crippen LogP contribution < -0.4 is 15.4 Å². The number of ether oxygens (including phenoxy) is 1. The second-order valence-electron chi connectivity index (χ2n) is 6.22. The Balaban J connectivity index is 0.00000169. The van der Waals surface area contributed by atoms with Gasteiger partial charge in [0.25, 0.3) is 5.91 Å². The Morgan fingerprint density at radius 3 is 2.46 bits per heavy atom. The van der Waals surface area contributed by atoms with Gasteiger partial charge in [-0.1, -0.05) is 6.07 Å². The number of carbonyl (C=O) groups is 1. The Kier molecular flexibility index (Phi) is 8.88. The molecular weight excluding hydrogens is 373 g/mol. The number of amides is 1. The Morgan fingerprint density at radius 2 is 1.77 bits per heavy atom. The van der Waals surface area contributed by atoms with E-state index in [1.165, 1.54) is 11.1 Å². The van der Waals surface area contributed by atoms with Gasteiger partial charge >= 0.3 is 0 Å². The van der Waals surface area contributed by atoms with Crippen LogP contribution in [0.3, 0.4) is 0 Å². The maximum atomic E-state index is 12.4. The van der Waals surface area contributed by atoms with Crippen molar-refractivity contribution in [3.05, 3.63) is 59.2 Å². The smallest absolute Gasteiger partial charge is 0.255 e. The number of anilines is 1. The highest BCUT2D eigenvalue weighted by molar-refractivity contribution is 6.04. The highest BCUT2D eigenvalue weighted by Crippen LogP contribution is 2.19. The molecule has 142 valence electrons. The Labute approximate surface area is 166 Å². The fourth-order valence-corrected chi connectivity index (χ4v) is 2.62. The highest BCUT2D eigenvalue weighted by Gasteiger charge is 2.13. The number of halogens is 2. The average Bonchev–Trinajstić information content (AvgIpc) is 3.03. The van der Waals surface area contributed by atoms with Crippen LogP contribution in [0.2, 0.25) is 0 Å². The SMILES string of the molecule is CN(C)CCOc1ccc(NC(=O)c2ccc3c(c2)CNC3)cc1.Cl.Cl. The van der Waals surface area contributed by atoms with Crippen molar-refractivity contribution in [1.82, 2.24) is 10.2 Å². The van der Waals surface area contributed by atoms with Crippen molar-refractivity contribution >= 4 is 36.4 Å². The van der Waals surface area contributed by atoms with Crippen molar-refractivity contribution in [3.63, 3.8) is 0 Å². The third kappa shape index (κ3) is 5.88. The molecule has 0 atom stereocenters. The quantitative estimate of drug-likeness (QED) is 0.784. The zero-order valence-electron chi connectivity index (χ0n) is 15.0. The molecule has 2 aromatic carbocycles. The molecule has 1 heterocycles. The fraction of sp³-hybridized carbons (Fsp3) is 0.316. The standard InChI is InChI=1S/C19H23N3O2.2ClH/c1-22(2)9-10-24-18-7-5-17(6-8-18)21-19(23)14-3-4-15-12-20-13-16(15)11-14;;/h3-8,11,20H,9-10,12-13H2,1-2H3,(H,21,23);2*1H. The monoisotopic (exact) mass is 397 g/mol. The van der Waals surface area contributed by atoms with Crippen LogP contribution in [0.1, 0.15) is 21.5 Å². The molecule has 0 aliphatic carbocycles. The van der Waals surface area contributed by atoms with Crippen LogP contribution in [-0.4, -0.2) is 38.1 Å². The first kappa shape index (κ1) is 22.3. The summed E-state index contributed by atoms with van der Waals surface area (Å²) < 4.78 is 5.65. The van der Waals surface area contributed by atoms with Gasteiger partial charge in [0, 0.05) is 30.9 Å². The van der Waals surface area contributed by atoms with Gasteiger partial charge in [0.2, 0.25) is 0 Å². The molecule has 1 amide bonds. The zero-order chi connectivity index (χ0) is 16.9. The topological polar surface area (TPSA) is 53.6 Å². The molecule has 0 unspecified atom stereocenters. The molecule has 2 N–H and O–H groups in total. The summed E-state index contributed by atoms with van der Waals surface area (Å²) in [6, 6.07) is 13.3. The summed E-state index contributed by atoms with van der Waals surface area (Å²) in [5.41, 5.74) is 3.92. The molecule has 0 radical (unpaired) electrons. The van der Waals surface area contributed by atoms with Crippen LogP contribution in [-0.2, 0) is 13.1 Å². The van der Waals surface area contributed by atoms with Gasteiger partial charge in [0.1, 0.15) is 12.4 Å². The predicted octanol–water partition coefficient (Wildman–Crippen LogP) is 3.33. The molecular formula is C19H25Cl2N3O2. The third-order valence-electron chi connectivity index (χ3n) is 4.02. The van der Waals surface area contributed by atoms with Gasteiger partial charge in [-0.3, -0.25) is 4.79 Å². The maximum Gasteiger partial charge on any atom is 0.255 e. The predicted molar refractivity (Wildman–Crippen MR) is 110 cm³/mol. The normalized spacial score (nSPS) is 12.0. The molecule has 26 heavy (non-hydrogen) atoms. The summed E-state index contributed by atoms with van der Waals surface area (Å²) >= 11 is 0. The first-order valence-electron chi connectivity index (χ1n) is 8.13. The van der Waals surface area contributed by atoms with E-state index in [2.05, 4.69) is 15.5 Å². The summed E-state index contributed by atoms with van der Waals surface area (Å²) in [5.74, 6) is 0.712. The molecule has 1 aliphatic heterocycles.